The van der Waals surface area contributed by atoms with Crippen molar-refractivity contribution in [2.45, 2.75) is 19.4 Å². The summed E-state index contributed by atoms with van der Waals surface area (Å²) in [6, 6.07) is 1.60. The number of nitro benzene ring substituents is 1. The lowest BCUT2D eigenvalue weighted by atomic mass is 10.1. The number of aliphatic hydroxyl groups excluding tert-OH is 1. The molecular formula is C9H10FNO4. The second-order valence-electron chi connectivity index (χ2n) is 3.24. The summed E-state index contributed by atoms with van der Waals surface area (Å²) in [7, 11) is 0. The van der Waals surface area contributed by atoms with Gasteiger partial charge >= 0.3 is 5.69 Å². The van der Waals surface area contributed by atoms with Crippen LogP contribution < -0.4 is 0 Å². The quantitative estimate of drug-likeness (QED) is 0.589. The molecule has 1 atom stereocenters. The van der Waals surface area contributed by atoms with E-state index in [4.69, 9.17) is 5.11 Å². The molecule has 0 aromatic heterocycles. The third-order valence-corrected chi connectivity index (χ3v) is 1.86. The van der Waals surface area contributed by atoms with E-state index in [1.165, 1.54) is 6.92 Å². The van der Waals surface area contributed by atoms with Gasteiger partial charge in [0, 0.05) is 24.1 Å². The average molecular weight is 215 g/mol. The van der Waals surface area contributed by atoms with Crippen LogP contribution in [0.3, 0.4) is 0 Å². The van der Waals surface area contributed by atoms with E-state index in [2.05, 4.69) is 0 Å². The maximum absolute atomic E-state index is 13.0. The van der Waals surface area contributed by atoms with Gasteiger partial charge in [-0.1, -0.05) is 0 Å². The van der Waals surface area contributed by atoms with Gasteiger partial charge in [-0.2, -0.15) is 4.39 Å². The van der Waals surface area contributed by atoms with Gasteiger partial charge in [-0.3, -0.25) is 10.1 Å². The number of nitro groups is 1. The topological polar surface area (TPSA) is 83.6 Å². The van der Waals surface area contributed by atoms with Gasteiger partial charge in [-0.05, 0) is 6.92 Å². The van der Waals surface area contributed by atoms with Crippen LogP contribution in [0.4, 0.5) is 10.1 Å². The summed E-state index contributed by atoms with van der Waals surface area (Å²) in [5.74, 6) is -1.48. The van der Waals surface area contributed by atoms with Gasteiger partial charge in [0.25, 0.3) is 0 Å². The molecule has 0 spiro atoms. The Kier molecular flexibility index (Phi) is 3.21. The zero-order valence-electron chi connectivity index (χ0n) is 7.98. The SMILES string of the molecule is CC(O)Cc1cc([N+](=O)[O-])c(F)cc1O. The largest absolute Gasteiger partial charge is 0.508 e. The highest BCUT2D eigenvalue weighted by atomic mass is 19.1. The molecule has 0 bridgehead atoms. The van der Waals surface area contributed by atoms with Crippen LogP contribution in [0.1, 0.15) is 12.5 Å². The molecule has 0 saturated carbocycles. The van der Waals surface area contributed by atoms with Gasteiger partial charge in [0.15, 0.2) is 0 Å². The maximum atomic E-state index is 13.0. The first-order valence-electron chi connectivity index (χ1n) is 4.25. The minimum Gasteiger partial charge on any atom is -0.508 e. The van der Waals surface area contributed by atoms with E-state index >= 15 is 0 Å². The summed E-state index contributed by atoms with van der Waals surface area (Å²) >= 11 is 0. The van der Waals surface area contributed by atoms with E-state index in [0.29, 0.717) is 6.07 Å². The number of rotatable bonds is 3. The lowest BCUT2D eigenvalue weighted by Gasteiger charge is -2.06. The van der Waals surface area contributed by atoms with Gasteiger partial charge in [-0.25, -0.2) is 0 Å². The van der Waals surface area contributed by atoms with Crippen LogP contribution in [0.15, 0.2) is 12.1 Å². The Morgan fingerprint density at radius 2 is 2.20 bits per heavy atom. The molecule has 0 fully saturated rings. The first kappa shape index (κ1) is 11.4. The van der Waals surface area contributed by atoms with Crippen molar-refractivity contribution in [2.24, 2.45) is 0 Å². The van der Waals surface area contributed by atoms with Crippen molar-refractivity contribution in [1.29, 1.82) is 0 Å². The number of halogens is 1. The molecule has 0 aliphatic heterocycles. The lowest BCUT2D eigenvalue weighted by molar-refractivity contribution is -0.387. The number of phenolic OH excluding ortho intramolecular Hbond substituents is 1. The number of aromatic hydroxyl groups is 1. The highest BCUT2D eigenvalue weighted by Gasteiger charge is 2.18. The van der Waals surface area contributed by atoms with Gasteiger partial charge < -0.3 is 10.2 Å². The Bertz CT molecular complexity index is 392. The molecule has 1 aromatic rings. The minimum absolute atomic E-state index is 0.0347. The minimum atomic E-state index is -1.09. The third kappa shape index (κ3) is 2.63. The summed E-state index contributed by atoms with van der Waals surface area (Å²) in [5, 5.41) is 28.7. The van der Waals surface area contributed by atoms with Crippen molar-refractivity contribution in [2.75, 3.05) is 0 Å². The smallest absolute Gasteiger partial charge is 0.305 e. The van der Waals surface area contributed by atoms with Gasteiger partial charge in [0.2, 0.25) is 5.82 Å². The van der Waals surface area contributed by atoms with E-state index in [0.717, 1.165) is 6.07 Å². The predicted molar refractivity (Wildman–Crippen MR) is 50.1 cm³/mol. The fourth-order valence-electron chi connectivity index (χ4n) is 1.22. The molecule has 1 aromatic carbocycles. The van der Waals surface area contributed by atoms with E-state index < -0.39 is 22.5 Å². The lowest BCUT2D eigenvalue weighted by Crippen LogP contribution is -2.05. The van der Waals surface area contributed by atoms with E-state index in [1.54, 1.807) is 0 Å². The highest BCUT2D eigenvalue weighted by Crippen LogP contribution is 2.27. The number of phenols is 1. The summed E-state index contributed by atoms with van der Waals surface area (Å²) in [4.78, 5) is 9.52. The molecular weight excluding hydrogens is 205 g/mol. The van der Waals surface area contributed by atoms with Gasteiger partial charge in [-0.15, -0.1) is 0 Å². The summed E-state index contributed by atoms with van der Waals surface area (Å²) < 4.78 is 13.0. The molecule has 0 aliphatic rings. The van der Waals surface area contributed by atoms with E-state index in [9.17, 15) is 19.6 Å². The first-order chi connectivity index (χ1) is 6.91. The monoisotopic (exact) mass is 215 g/mol. The summed E-state index contributed by atoms with van der Waals surface area (Å²) in [5.41, 5.74) is -0.554. The molecule has 15 heavy (non-hydrogen) atoms. The van der Waals surface area contributed by atoms with Crippen molar-refractivity contribution in [3.8, 4) is 5.75 Å². The summed E-state index contributed by atoms with van der Waals surface area (Å²) in [6.45, 7) is 1.47. The number of nitrogens with zero attached hydrogens (tertiary/aromatic N) is 1. The Labute approximate surface area is 84.9 Å². The van der Waals surface area contributed by atoms with Crippen LogP contribution in [0.25, 0.3) is 0 Å². The predicted octanol–water partition coefficient (Wildman–Crippen LogP) is 1.36. The van der Waals surface area contributed by atoms with Crippen molar-refractivity contribution in [3.63, 3.8) is 0 Å². The second kappa shape index (κ2) is 4.22. The number of aliphatic hydroxyl groups is 1. The van der Waals surface area contributed by atoms with Crippen molar-refractivity contribution in [1.82, 2.24) is 0 Å². The van der Waals surface area contributed by atoms with Crippen LogP contribution in [-0.2, 0) is 6.42 Å². The molecule has 1 unspecified atom stereocenters. The van der Waals surface area contributed by atoms with Gasteiger partial charge in [0.05, 0.1) is 11.0 Å². The fourth-order valence-corrected chi connectivity index (χ4v) is 1.22. The number of hydrogen-bond donors (Lipinski definition) is 2. The Balaban J connectivity index is 3.17. The molecule has 5 nitrogen and oxygen atoms in total. The Morgan fingerprint density at radius 3 is 2.67 bits per heavy atom. The number of benzene rings is 1. The van der Waals surface area contributed by atoms with Crippen LogP contribution in [0.5, 0.6) is 5.75 Å². The zero-order chi connectivity index (χ0) is 11.6. The standard InChI is InChI=1S/C9H10FNO4/c1-5(12)2-6-3-8(11(14)15)7(10)4-9(6)13/h3-5,12-13H,2H2,1H3. The summed E-state index contributed by atoms with van der Waals surface area (Å²) in [6.07, 6.45) is -0.728. The molecule has 0 saturated heterocycles. The Morgan fingerprint density at radius 1 is 1.60 bits per heavy atom. The van der Waals surface area contributed by atoms with Crippen molar-refractivity contribution in [3.05, 3.63) is 33.6 Å². The normalized spacial score (nSPS) is 12.5. The Hall–Kier alpha value is -1.69. The first-order valence-corrected chi connectivity index (χ1v) is 4.25. The van der Waals surface area contributed by atoms with Crippen LogP contribution in [0, 0.1) is 15.9 Å². The molecule has 6 heteroatoms. The maximum Gasteiger partial charge on any atom is 0.305 e. The van der Waals surface area contributed by atoms with Crippen molar-refractivity contribution >= 4 is 5.69 Å². The molecule has 1 rings (SSSR count). The molecule has 82 valence electrons. The molecule has 0 aliphatic carbocycles. The average Bonchev–Trinajstić information content (AvgIpc) is 2.08. The number of hydrogen-bond acceptors (Lipinski definition) is 4. The highest BCUT2D eigenvalue weighted by molar-refractivity contribution is 5.44. The molecule has 0 heterocycles. The molecule has 0 radical (unpaired) electrons. The van der Waals surface area contributed by atoms with Crippen molar-refractivity contribution < 1.29 is 19.5 Å². The molecule has 2 N–H and O–H groups in total. The zero-order valence-corrected chi connectivity index (χ0v) is 7.98. The van der Waals surface area contributed by atoms with Crippen LogP contribution in [0.2, 0.25) is 0 Å². The van der Waals surface area contributed by atoms with E-state index in [1.807, 2.05) is 0 Å². The second-order valence-corrected chi connectivity index (χ2v) is 3.24. The third-order valence-electron chi connectivity index (χ3n) is 1.86. The molecule has 0 amide bonds. The van der Waals surface area contributed by atoms with Gasteiger partial charge in [0.1, 0.15) is 5.75 Å². The van der Waals surface area contributed by atoms with Crippen LogP contribution in [-0.4, -0.2) is 21.2 Å². The van der Waals surface area contributed by atoms with Crippen LogP contribution >= 0.6 is 0 Å². The van der Waals surface area contributed by atoms with E-state index in [-0.39, 0.29) is 17.7 Å². The fraction of sp³-hybridized carbons (Fsp3) is 0.333.